The van der Waals surface area contributed by atoms with Crippen molar-refractivity contribution in [3.63, 3.8) is 0 Å². The Morgan fingerprint density at radius 3 is 2.03 bits per heavy atom. The van der Waals surface area contributed by atoms with Gasteiger partial charge in [-0.15, -0.1) is 0 Å². The van der Waals surface area contributed by atoms with Crippen molar-refractivity contribution in [2.75, 3.05) is 0 Å². The van der Waals surface area contributed by atoms with Crippen LogP contribution in [0.1, 0.15) is 0 Å². The molecule has 1 aromatic heterocycles. The van der Waals surface area contributed by atoms with Crippen molar-refractivity contribution in [3.8, 4) is 33.5 Å². The van der Waals surface area contributed by atoms with Gasteiger partial charge in [0.15, 0.2) is 7.14 Å². The Balaban J connectivity index is 1.71. The Morgan fingerprint density at radius 2 is 1.19 bits per heavy atom. The van der Waals surface area contributed by atoms with Crippen molar-refractivity contribution < 1.29 is 4.57 Å². The van der Waals surface area contributed by atoms with Gasteiger partial charge in [0, 0.05) is 27.7 Å². The molecule has 152 valence electrons. The summed E-state index contributed by atoms with van der Waals surface area (Å²) in [6, 6.07) is 38.6. The first-order valence-electron chi connectivity index (χ1n) is 10.7. The summed E-state index contributed by atoms with van der Waals surface area (Å²) >= 11 is 0. The van der Waals surface area contributed by atoms with Crippen LogP contribution in [0.25, 0.3) is 33.5 Å². The van der Waals surface area contributed by atoms with Gasteiger partial charge >= 0.3 is 0 Å². The lowest BCUT2D eigenvalue weighted by atomic mass is 9.97. The maximum atomic E-state index is 15.3. The van der Waals surface area contributed by atoms with E-state index < -0.39 is 7.14 Å². The normalized spacial score (nSPS) is 16.4. The highest BCUT2D eigenvalue weighted by Crippen LogP contribution is 2.51. The minimum atomic E-state index is -3.18. The van der Waals surface area contributed by atoms with Crippen molar-refractivity contribution in [1.82, 2.24) is 4.98 Å². The van der Waals surface area contributed by atoms with Crippen LogP contribution in [0.4, 0.5) is 0 Å². The number of pyridine rings is 1. The molecule has 6 rings (SSSR count). The molecule has 3 heteroatoms. The van der Waals surface area contributed by atoms with E-state index in [1.807, 2.05) is 72.8 Å². The smallest absolute Gasteiger partial charge is 0.173 e. The summed E-state index contributed by atoms with van der Waals surface area (Å²) in [4.78, 5) is 4.73. The molecule has 0 aliphatic carbocycles. The van der Waals surface area contributed by atoms with Gasteiger partial charge in [0.25, 0.3) is 0 Å². The summed E-state index contributed by atoms with van der Waals surface area (Å²) in [6.07, 6.45) is 1.79. The van der Waals surface area contributed by atoms with Gasteiger partial charge in [0.1, 0.15) is 0 Å². The maximum absolute atomic E-state index is 15.3. The molecular weight excluding hydrogens is 409 g/mol. The number of benzene rings is 4. The minimum Gasteiger partial charge on any atom is -0.309 e. The second-order valence-electron chi connectivity index (χ2n) is 7.96. The zero-order valence-electron chi connectivity index (χ0n) is 17.3. The number of hydrogen-bond acceptors (Lipinski definition) is 2. The first-order chi connectivity index (χ1) is 15.8. The summed E-state index contributed by atoms with van der Waals surface area (Å²) in [7, 11) is -3.18. The Labute approximate surface area is 187 Å². The van der Waals surface area contributed by atoms with Crippen molar-refractivity contribution in [2.45, 2.75) is 0 Å². The molecule has 1 aliphatic rings. The van der Waals surface area contributed by atoms with Crippen LogP contribution in [0.2, 0.25) is 0 Å². The van der Waals surface area contributed by atoms with E-state index in [2.05, 4.69) is 42.5 Å². The standard InChI is InChI=1S/C29H20NOP/c31-32(23-13-8-12-22(20-23)21-10-2-1-3-11-21)27-17-7-6-15-25(27)24-14-4-5-16-26(24)29-28(32)18-9-19-30-29/h1-20H. The molecule has 4 aromatic carbocycles. The highest BCUT2D eigenvalue weighted by molar-refractivity contribution is 7.85. The molecule has 0 fully saturated rings. The molecule has 1 atom stereocenters. The predicted octanol–water partition coefficient (Wildman–Crippen LogP) is 6.04. The van der Waals surface area contributed by atoms with Gasteiger partial charge in [-0.1, -0.05) is 97.1 Å². The van der Waals surface area contributed by atoms with Crippen molar-refractivity contribution in [2.24, 2.45) is 0 Å². The molecule has 5 aromatic rings. The molecule has 0 amide bonds. The van der Waals surface area contributed by atoms with Crippen molar-refractivity contribution in [1.29, 1.82) is 0 Å². The van der Waals surface area contributed by atoms with Crippen LogP contribution in [0.3, 0.4) is 0 Å². The van der Waals surface area contributed by atoms with Gasteiger partial charge < -0.3 is 4.57 Å². The van der Waals surface area contributed by atoms with Crippen LogP contribution >= 0.6 is 7.14 Å². The molecule has 32 heavy (non-hydrogen) atoms. The van der Waals surface area contributed by atoms with Crippen LogP contribution in [-0.4, -0.2) is 4.98 Å². The van der Waals surface area contributed by atoms with E-state index in [0.717, 1.165) is 49.4 Å². The first kappa shape index (κ1) is 19.0. The van der Waals surface area contributed by atoms with E-state index in [1.165, 1.54) is 0 Å². The Kier molecular flexibility index (Phi) is 4.41. The monoisotopic (exact) mass is 429 g/mol. The van der Waals surface area contributed by atoms with Crippen LogP contribution in [0, 0.1) is 0 Å². The second-order valence-corrected chi connectivity index (χ2v) is 10.7. The first-order valence-corrected chi connectivity index (χ1v) is 12.4. The molecular formula is C29H20NOP. The fourth-order valence-corrected chi connectivity index (χ4v) is 7.71. The largest absolute Gasteiger partial charge is 0.309 e. The van der Waals surface area contributed by atoms with E-state index in [1.54, 1.807) is 6.20 Å². The molecule has 1 unspecified atom stereocenters. The van der Waals surface area contributed by atoms with Crippen LogP contribution < -0.4 is 15.9 Å². The highest BCUT2D eigenvalue weighted by atomic mass is 31.2. The molecule has 0 spiro atoms. The lowest BCUT2D eigenvalue weighted by Crippen LogP contribution is -2.26. The topological polar surface area (TPSA) is 30.0 Å². The zero-order chi connectivity index (χ0) is 21.5. The van der Waals surface area contributed by atoms with E-state index in [0.29, 0.717) is 0 Å². The number of rotatable bonds is 2. The predicted molar refractivity (Wildman–Crippen MR) is 133 cm³/mol. The molecule has 1 aliphatic heterocycles. The number of nitrogens with zero attached hydrogens (tertiary/aromatic N) is 1. The third kappa shape index (κ3) is 2.81. The Morgan fingerprint density at radius 1 is 0.531 bits per heavy atom. The van der Waals surface area contributed by atoms with Gasteiger partial charge in [0.05, 0.1) is 5.69 Å². The highest BCUT2D eigenvalue weighted by Gasteiger charge is 2.38. The van der Waals surface area contributed by atoms with Gasteiger partial charge in [-0.25, -0.2) is 0 Å². The Bertz CT molecular complexity index is 1440. The molecule has 2 heterocycles. The molecule has 0 radical (unpaired) electrons. The second kappa shape index (κ2) is 7.44. The van der Waals surface area contributed by atoms with Crippen molar-refractivity contribution in [3.05, 3.63) is 121 Å². The summed E-state index contributed by atoms with van der Waals surface area (Å²) in [5, 5.41) is 2.49. The fourth-order valence-electron chi connectivity index (χ4n) is 4.68. The quantitative estimate of drug-likeness (QED) is 0.314. The van der Waals surface area contributed by atoms with Gasteiger partial charge in [-0.2, -0.15) is 0 Å². The SMILES string of the molecule is O=P1(c2cccc(-c3ccccc3)c2)c2ccccc2-c2ccccc2-c2ncccc21. The molecule has 0 bridgehead atoms. The van der Waals surface area contributed by atoms with E-state index in [4.69, 9.17) is 4.98 Å². The molecule has 0 saturated carbocycles. The van der Waals surface area contributed by atoms with E-state index >= 15 is 4.57 Å². The van der Waals surface area contributed by atoms with Gasteiger partial charge in [-0.05, 0) is 40.5 Å². The van der Waals surface area contributed by atoms with Gasteiger partial charge in [-0.3, -0.25) is 4.98 Å². The van der Waals surface area contributed by atoms with Crippen molar-refractivity contribution >= 4 is 23.1 Å². The minimum absolute atomic E-state index is 0.794. The average Bonchev–Trinajstić information content (AvgIpc) is 2.98. The third-order valence-electron chi connectivity index (χ3n) is 6.16. The lowest BCUT2D eigenvalue weighted by molar-refractivity contribution is 0.592. The fraction of sp³-hybridized carbons (Fsp3) is 0. The van der Waals surface area contributed by atoms with E-state index in [-0.39, 0.29) is 0 Å². The number of hydrogen-bond donors (Lipinski definition) is 0. The third-order valence-corrected chi connectivity index (χ3v) is 9.27. The summed E-state index contributed by atoms with van der Waals surface area (Å²) in [5.41, 5.74) is 6.07. The molecule has 0 N–H and O–H groups in total. The summed E-state index contributed by atoms with van der Waals surface area (Å²) in [6.45, 7) is 0. The Hall–Kier alpha value is -3.74. The average molecular weight is 429 g/mol. The molecule has 0 saturated heterocycles. The van der Waals surface area contributed by atoms with Crippen LogP contribution in [0.15, 0.2) is 121 Å². The zero-order valence-corrected chi connectivity index (χ0v) is 18.2. The maximum Gasteiger partial charge on any atom is 0.173 e. The summed E-state index contributed by atoms with van der Waals surface area (Å²) < 4.78 is 15.3. The number of aromatic nitrogens is 1. The lowest BCUT2D eigenvalue weighted by Gasteiger charge is -2.22. The van der Waals surface area contributed by atoms with Gasteiger partial charge in [0.2, 0.25) is 0 Å². The van der Waals surface area contributed by atoms with Crippen LogP contribution in [-0.2, 0) is 4.57 Å². The summed E-state index contributed by atoms with van der Waals surface area (Å²) in [5.74, 6) is 0. The van der Waals surface area contributed by atoms with Crippen LogP contribution in [0.5, 0.6) is 0 Å². The number of fused-ring (bicyclic) bond motifs is 5. The van der Waals surface area contributed by atoms with E-state index in [9.17, 15) is 0 Å². The molecule has 2 nitrogen and oxygen atoms in total.